The fourth-order valence-corrected chi connectivity index (χ4v) is 2.21. The van der Waals surface area contributed by atoms with Crippen LogP contribution in [0.3, 0.4) is 0 Å². The summed E-state index contributed by atoms with van der Waals surface area (Å²) in [5.41, 5.74) is 2.92. The summed E-state index contributed by atoms with van der Waals surface area (Å²) in [4.78, 5) is 4.11. The maximum absolute atomic E-state index is 10.0. The van der Waals surface area contributed by atoms with Crippen molar-refractivity contribution in [2.75, 3.05) is 6.61 Å². The third-order valence-corrected chi connectivity index (χ3v) is 3.40. The van der Waals surface area contributed by atoms with Crippen molar-refractivity contribution in [1.29, 1.82) is 0 Å². The van der Waals surface area contributed by atoms with E-state index in [-0.39, 0.29) is 19.0 Å². The number of pyridine rings is 1. The number of halogens is 1. The Bertz CT molecular complexity index is 702. The zero-order chi connectivity index (χ0) is 15.2. The lowest BCUT2D eigenvalue weighted by Gasteiger charge is -2.12. The molecule has 1 unspecified atom stereocenters. The van der Waals surface area contributed by atoms with Crippen LogP contribution in [0, 0.1) is 0 Å². The number of hydrogen-bond donors (Lipinski definition) is 1. The molecule has 1 N–H and O–H groups in total. The molecule has 3 nitrogen and oxygen atoms in total. The number of benzene rings is 2. The molecule has 0 fully saturated rings. The van der Waals surface area contributed by atoms with Gasteiger partial charge in [0.25, 0.3) is 0 Å². The van der Waals surface area contributed by atoms with E-state index in [1.807, 2.05) is 54.6 Å². The summed E-state index contributed by atoms with van der Waals surface area (Å²) in [5, 5.41) is 10.0. The van der Waals surface area contributed by atoms with Crippen LogP contribution in [0.5, 0.6) is 5.75 Å². The van der Waals surface area contributed by atoms with Gasteiger partial charge in [0.2, 0.25) is 0 Å². The van der Waals surface area contributed by atoms with Crippen LogP contribution in [0.1, 0.15) is 11.8 Å². The minimum absolute atomic E-state index is 0. The highest BCUT2D eigenvalue weighted by molar-refractivity contribution is 5.85. The molecule has 0 amide bonds. The Labute approximate surface area is 142 Å². The van der Waals surface area contributed by atoms with Crippen LogP contribution in [0.2, 0.25) is 0 Å². The van der Waals surface area contributed by atoms with Crippen LogP contribution in [0.15, 0.2) is 79.0 Å². The molecule has 0 aliphatic carbocycles. The molecule has 0 spiro atoms. The molecule has 0 aliphatic heterocycles. The van der Waals surface area contributed by atoms with Gasteiger partial charge in [-0.1, -0.05) is 48.5 Å². The second-order valence-electron chi connectivity index (χ2n) is 4.97. The lowest BCUT2D eigenvalue weighted by atomic mass is 10.1. The predicted octanol–water partition coefficient (Wildman–Crippen LogP) is 4.28. The molecule has 3 rings (SSSR count). The van der Waals surface area contributed by atoms with Crippen LogP contribution in [0.25, 0.3) is 11.1 Å². The molecule has 0 bridgehead atoms. The maximum atomic E-state index is 10.0. The fraction of sp³-hybridized carbons (Fsp3) is 0.105. The van der Waals surface area contributed by atoms with Gasteiger partial charge in [0.15, 0.2) is 0 Å². The summed E-state index contributed by atoms with van der Waals surface area (Å²) < 4.78 is 5.62. The molecule has 118 valence electrons. The van der Waals surface area contributed by atoms with Gasteiger partial charge < -0.3 is 9.84 Å². The zero-order valence-electron chi connectivity index (χ0n) is 12.5. The van der Waals surface area contributed by atoms with Crippen molar-refractivity contribution in [2.45, 2.75) is 6.10 Å². The second-order valence-corrected chi connectivity index (χ2v) is 4.97. The Balaban J connectivity index is 0.00000192. The first-order chi connectivity index (χ1) is 10.8. The maximum Gasteiger partial charge on any atom is 0.130 e. The van der Waals surface area contributed by atoms with Gasteiger partial charge in [-0.25, -0.2) is 0 Å². The summed E-state index contributed by atoms with van der Waals surface area (Å²) >= 11 is 0. The zero-order valence-corrected chi connectivity index (χ0v) is 13.3. The van der Waals surface area contributed by atoms with Crippen molar-refractivity contribution in [2.24, 2.45) is 0 Å². The Hall–Kier alpha value is -2.36. The molecular weight excluding hydrogens is 310 g/mol. The van der Waals surface area contributed by atoms with Gasteiger partial charge in [-0.3, -0.25) is 4.98 Å². The highest BCUT2D eigenvalue weighted by Crippen LogP contribution is 2.22. The number of aromatic nitrogens is 1. The average Bonchev–Trinajstić information content (AvgIpc) is 2.61. The van der Waals surface area contributed by atoms with E-state index in [1.54, 1.807) is 12.3 Å². The second kappa shape index (κ2) is 8.32. The van der Waals surface area contributed by atoms with E-state index < -0.39 is 6.10 Å². The highest BCUT2D eigenvalue weighted by atomic mass is 35.5. The topological polar surface area (TPSA) is 42.4 Å². The van der Waals surface area contributed by atoms with Crippen molar-refractivity contribution >= 4 is 12.4 Å². The first-order valence-corrected chi connectivity index (χ1v) is 7.20. The van der Waals surface area contributed by atoms with Crippen molar-refractivity contribution in [3.63, 3.8) is 0 Å². The van der Waals surface area contributed by atoms with Crippen molar-refractivity contribution in [3.8, 4) is 16.9 Å². The molecule has 1 atom stereocenters. The van der Waals surface area contributed by atoms with Crippen LogP contribution in [-0.2, 0) is 0 Å². The Kier molecular flexibility index (Phi) is 6.15. The Morgan fingerprint density at radius 1 is 0.826 bits per heavy atom. The highest BCUT2D eigenvalue weighted by Gasteiger charge is 2.09. The minimum atomic E-state index is -0.727. The van der Waals surface area contributed by atoms with Gasteiger partial charge in [0.05, 0.1) is 5.69 Å². The van der Waals surface area contributed by atoms with E-state index in [2.05, 4.69) is 17.1 Å². The third-order valence-electron chi connectivity index (χ3n) is 3.40. The predicted molar refractivity (Wildman–Crippen MR) is 93.8 cm³/mol. The van der Waals surface area contributed by atoms with Gasteiger partial charge in [-0.05, 0) is 35.4 Å². The molecular formula is C19H18ClNO2. The monoisotopic (exact) mass is 327 g/mol. The largest absolute Gasteiger partial charge is 0.490 e. The van der Waals surface area contributed by atoms with E-state index in [9.17, 15) is 5.11 Å². The molecule has 23 heavy (non-hydrogen) atoms. The number of ether oxygens (including phenoxy) is 1. The van der Waals surface area contributed by atoms with E-state index >= 15 is 0 Å². The lowest BCUT2D eigenvalue weighted by molar-refractivity contribution is 0.104. The molecule has 3 aromatic rings. The Morgan fingerprint density at radius 2 is 1.48 bits per heavy atom. The fourth-order valence-electron chi connectivity index (χ4n) is 2.21. The minimum Gasteiger partial charge on any atom is -0.490 e. The summed E-state index contributed by atoms with van der Waals surface area (Å²) in [5.74, 6) is 0.731. The van der Waals surface area contributed by atoms with E-state index in [0.717, 1.165) is 11.3 Å². The SMILES string of the molecule is Cl.OC(COc1ccc(-c2ccccc2)cc1)c1ccccn1. The lowest BCUT2D eigenvalue weighted by Crippen LogP contribution is -2.10. The summed E-state index contributed by atoms with van der Waals surface area (Å²) in [6.45, 7) is 0.182. The van der Waals surface area contributed by atoms with Crippen LogP contribution >= 0.6 is 12.4 Å². The quantitative estimate of drug-likeness (QED) is 0.760. The summed E-state index contributed by atoms with van der Waals surface area (Å²) in [7, 11) is 0. The van der Waals surface area contributed by atoms with E-state index in [0.29, 0.717) is 5.69 Å². The van der Waals surface area contributed by atoms with Gasteiger partial charge in [0.1, 0.15) is 18.5 Å². The summed E-state index contributed by atoms with van der Waals surface area (Å²) in [6, 6.07) is 23.5. The van der Waals surface area contributed by atoms with Crippen LogP contribution < -0.4 is 4.74 Å². The van der Waals surface area contributed by atoms with Gasteiger partial charge >= 0.3 is 0 Å². The molecule has 0 saturated carbocycles. The standard InChI is InChI=1S/C19H17NO2.ClH/c21-19(18-8-4-5-13-20-18)14-22-17-11-9-16(10-12-17)15-6-2-1-3-7-15;/h1-13,19,21H,14H2;1H. The number of hydrogen-bond acceptors (Lipinski definition) is 3. The first kappa shape index (κ1) is 17.0. The van der Waals surface area contributed by atoms with Crippen molar-refractivity contribution in [3.05, 3.63) is 84.7 Å². The van der Waals surface area contributed by atoms with Gasteiger partial charge in [0, 0.05) is 6.20 Å². The van der Waals surface area contributed by atoms with Crippen LogP contribution in [-0.4, -0.2) is 16.7 Å². The normalized spacial score (nSPS) is 11.3. The number of nitrogens with zero attached hydrogens (tertiary/aromatic N) is 1. The smallest absolute Gasteiger partial charge is 0.130 e. The third kappa shape index (κ3) is 4.55. The summed E-state index contributed by atoms with van der Waals surface area (Å²) in [6.07, 6.45) is 0.933. The number of aliphatic hydroxyl groups is 1. The van der Waals surface area contributed by atoms with Crippen molar-refractivity contribution in [1.82, 2.24) is 4.98 Å². The molecule has 0 saturated heterocycles. The molecule has 2 aromatic carbocycles. The first-order valence-electron chi connectivity index (χ1n) is 7.20. The number of rotatable bonds is 5. The van der Waals surface area contributed by atoms with E-state index in [4.69, 9.17) is 4.74 Å². The molecule has 0 aliphatic rings. The van der Waals surface area contributed by atoms with Crippen molar-refractivity contribution < 1.29 is 9.84 Å². The Morgan fingerprint density at radius 3 is 2.13 bits per heavy atom. The van der Waals surface area contributed by atoms with Crippen LogP contribution in [0.4, 0.5) is 0 Å². The molecule has 1 heterocycles. The average molecular weight is 328 g/mol. The van der Waals surface area contributed by atoms with E-state index in [1.165, 1.54) is 5.56 Å². The van der Waals surface area contributed by atoms with Gasteiger partial charge in [-0.15, -0.1) is 12.4 Å². The molecule has 0 radical (unpaired) electrons. The molecule has 1 aromatic heterocycles. The number of aliphatic hydroxyl groups excluding tert-OH is 1. The molecule has 4 heteroatoms. The van der Waals surface area contributed by atoms with Gasteiger partial charge in [-0.2, -0.15) is 0 Å².